The van der Waals surface area contributed by atoms with Gasteiger partial charge in [-0.05, 0) is 48.4 Å². The lowest BCUT2D eigenvalue weighted by atomic mass is 10.3. The zero-order chi connectivity index (χ0) is 11.5. The Morgan fingerprint density at radius 2 is 2.19 bits per heavy atom. The lowest BCUT2D eigenvalue weighted by Crippen LogP contribution is -2.12. The fraction of sp³-hybridized carbons (Fsp3) is 0.250. The summed E-state index contributed by atoms with van der Waals surface area (Å²) in [5.74, 6) is 0.602. The molecule has 0 aliphatic carbocycles. The zero-order valence-electron chi connectivity index (χ0n) is 8.14. The van der Waals surface area contributed by atoms with Gasteiger partial charge in [0, 0.05) is 21.7 Å². The van der Waals surface area contributed by atoms with Gasteiger partial charge in [0.25, 0.3) is 0 Å². The van der Waals surface area contributed by atoms with E-state index in [1.165, 1.54) is 0 Å². The van der Waals surface area contributed by atoms with Crippen molar-refractivity contribution in [2.75, 3.05) is 6.54 Å². The van der Waals surface area contributed by atoms with Crippen LogP contribution in [0, 0.1) is 0 Å². The van der Waals surface area contributed by atoms with Crippen molar-refractivity contribution < 1.29 is 0 Å². The Hall–Kier alpha value is -0.860. The zero-order valence-corrected chi connectivity index (χ0v) is 11.3. The highest BCUT2D eigenvalue weighted by Gasteiger charge is 2.13. The minimum absolute atomic E-state index is 0.478. The summed E-state index contributed by atoms with van der Waals surface area (Å²) in [5, 5.41) is 11.4. The quantitative estimate of drug-likeness (QED) is 0.902. The summed E-state index contributed by atoms with van der Waals surface area (Å²) >= 11 is 6.76. The highest BCUT2D eigenvalue weighted by atomic mass is 79.9. The second-order valence-electron chi connectivity index (χ2n) is 3.00. The predicted molar refractivity (Wildman–Crippen MR) is 65.5 cm³/mol. The Balaban J connectivity index is 2.46. The molecule has 0 saturated carbocycles. The van der Waals surface area contributed by atoms with Crippen LogP contribution in [0.25, 0.3) is 11.5 Å². The van der Waals surface area contributed by atoms with Crippen LogP contribution in [-0.2, 0) is 6.54 Å². The van der Waals surface area contributed by atoms with E-state index in [-0.39, 0.29) is 0 Å². The van der Waals surface area contributed by atoms with Crippen molar-refractivity contribution in [3.8, 4) is 11.5 Å². The lowest BCUT2D eigenvalue weighted by molar-refractivity contribution is 0.602. The average molecular weight is 348 g/mol. The monoisotopic (exact) mass is 346 g/mol. The third-order valence-electron chi connectivity index (χ3n) is 1.89. The third-order valence-corrected chi connectivity index (χ3v) is 2.93. The summed E-state index contributed by atoms with van der Waals surface area (Å²) in [4.78, 5) is 4.27. The van der Waals surface area contributed by atoms with Crippen LogP contribution in [-0.4, -0.2) is 31.7 Å². The molecular formula is C8H8Br2N6. The normalized spacial score (nSPS) is 10.7. The van der Waals surface area contributed by atoms with Gasteiger partial charge in [0.1, 0.15) is 5.69 Å². The van der Waals surface area contributed by atoms with E-state index in [4.69, 9.17) is 5.73 Å². The van der Waals surface area contributed by atoms with Crippen LogP contribution in [0.5, 0.6) is 0 Å². The molecule has 0 radical (unpaired) electrons. The Morgan fingerprint density at radius 3 is 2.88 bits per heavy atom. The first-order valence-corrected chi connectivity index (χ1v) is 6.08. The van der Waals surface area contributed by atoms with E-state index in [0.29, 0.717) is 24.6 Å². The van der Waals surface area contributed by atoms with Crippen molar-refractivity contribution in [3.05, 3.63) is 21.2 Å². The molecule has 84 valence electrons. The maximum atomic E-state index is 5.47. The molecule has 0 aromatic carbocycles. The number of hydrogen-bond donors (Lipinski definition) is 1. The molecule has 2 heterocycles. The Morgan fingerprint density at radius 1 is 1.38 bits per heavy atom. The molecule has 0 spiro atoms. The summed E-state index contributed by atoms with van der Waals surface area (Å²) in [6.45, 7) is 1.04. The van der Waals surface area contributed by atoms with Crippen molar-refractivity contribution in [2.45, 2.75) is 6.54 Å². The van der Waals surface area contributed by atoms with Gasteiger partial charge in [0.2, 0.25) is 5.82 Å². The van der Waals surface area contributed by atoms with Gasteiger partial charge in [-0.1, -0.05) is 0 Å². The third kappa shape index (κ3) is 2.28. The van der Waals surface area contributed by atoms with Gasteiger partial charge in [-0.2, -0.15) is 0 Å². The average Bonchev–Trinajstić information content (AvgIpc) is 2.67. The van der Waals surface area contributed by atoms with Gasteiger partial charge in [-0.3, -0.25) is 4.98 Å². The van der Waals surface area contributed by atoms with Crippen LogP contribution in [0.2, 0.25) is 0 Å². The number of aromatic nitrogens is 5. The first-order chi connectivity index (χ1) is 7.72. The molecule has 2 aromatic rings. The molecule has 2 N–H and O–H groups in total. The van der Waals surface area contributed by atoms with Crippen LogP contribution >= 0.6 is 31.9 Å². The molecule has 0 aliphatic rings. The number of nitrogens with two attached hydrogens (primary N) is 1. The van der Waals surface area contributed by atoms with Crippen molar-refractivity contribution >= 4 is 31.9 Å². The Bertz CT molecular complexity index is 497. The largest absolute Gasteiger partial charge is 0.329 e. The SMILES string of the molecule is NCCn1nnnc1-c1ncc(Br)cc1Br. The fourth-order valence-electron chi connectivity index (χ4n) is 1.23. The number of nitrogens with zero attached hydrogens (tertiary/aromatic N) is 5. The minimum Gasteiger partial charge on any atom is -0.329 e. The van der Waals surface area contributed by atoms with E-state index in [1.807, 2.05) is 6.07 Å². The molecule has 16 heavy (non-hydrogen) atoms. The maximum absolute atomic E-state index is 5.47. The van der Waals surface area contributed by atoms with Crippen molar-refractivity contribution in [2.24, 2.45) is 5.73 Å². The van der Waals surface area contributed by atoms with Crippen LogP contribution in [0.4, 0.5) is 0 Å². The summed E-state index contributed by atoms with van der Waals surface area (Å²) in [5.41, 5.74) is 6.17. The van der Waals surface area contributed by atoms with Crippen molar-refractivity contribution in [1.29, 1.82) is 0 Å². The highest BCUT2D eigenvalue weighted by Crippen LogP contribution is 2.26. The van der Waals surface area contributed by atoms with Gasteiger partial charge in [-0.15, -0.1) is 5.10 Å². The van der Waals surface area contributed by atoms with Gasteiger partial charge in [-0.25, -0.2) is 4.68 Å². The molecule has 0 aliphatic heterocycles. The standard InChI is InChI=1S/C8H8Br2N6/c9-5-3-6(10)7(12-4-5)8-13-14-15-16(8)2-1-11/h3-4H,1-2,11H2. The summed E-state index contributed by atoms with van der Waals surface area (Å²) in [6.07, 6.45) is 1.70. The van der Waals surface area contributed by atoms with Gasteiger partial charge >= 0.3 is 0 Å². The van der Waals surface area contributed by atoms with E-state index in [9.17, 15) is 0 Å². The highest BCUT2D eigenvalue weighted by molar-refractivity contribution is 9.11. The summed E-state index contributed by atoms with van der Waals surface area (Å²) < 4.78 is 3.34. The van der Waals surface area contributed by atoms with Gasteiger partial charge in [0.15, 0.2) is 0 Å². The number of tetrazole rings is 1. The molecule has 2 aromatic heterocycles. The molecule has 0 unspecified atom stereocenters. The van der Waals surface area contributed by atoms with E-state index < -0.39 is 0 Å². The molecule has 0 fully saturated rings. The first kappa shape index (κ1) is 11.6. The molecule has 0 saturated heterocycles. The Kier molecular flexibility index (Phi) is 3.62. The molecular weight excluding hydrogens is 340 g/mol. The molecule has 0 amide bonds. The van der Waals surface area contributed by atoms with Gasteiger partial charge < -0.3 is 5.73 Å². The molecule has 0 bridgehead atoms. The molecule has 0 atom stereocenters. The van der Waals surface area contributed by atoms with Gasteiger partial charge in [0.05, 0.1) is 6.54 Å². The number of pyridine rings is 1. The molecule has 8 heteroatoms. The molecule has 2 rings (SSSR count). The first-order valence-electron chi connectivity index (χ1n) is 4.50. The second kappa shape index (κ2) is 4.98. The summed E-state index contributed by atoms with van der Waals surface area (Å²) in [6, 6.07) is 1.89. The molecule has 6 nitrogen and oxygen atoms in total. The van der Waals surface area contributed by atoms with E-state index in [0.717, 1.165) is 8.95 Å². The summed E-state index contributed by atoms with van der Waals surface area (Å²) in [7, 11) is 0. The maximum Gasteiger partial charge on any atom is 0.201 e. The van der Waals surface area contributed by atoms with Crippen molar-refractivity contribution in [3.63, 3.8) is 0 Å². The fourth-order valence-corrected chi connectivity index (χ4v) is 2.39. The van der Waals surface area contributed by atoms with E-state index in [1.54, 1.807) is 10.9 Å². The van der Waals surface area contributed by atoms with Crippen LogP contribution in [0.15, 0.2) is 21.2 Å². The van der Waals surface area contributed by atoms with Crippen LogP contribution in [0.1, 0.15) is 0 Å². The van der Waals surface area contributed by atoms with E-state index in [2.05, 4.69) is 52.4 Å². The van der Waals surface area contributed by atoms with Crippen molar-refractivity contribution in [1.82, 2.24) is 25.2 Å². The number of rotatable bonds is 3. The minimum atomic E-state index is 0.478. The lowest BCUT2D eigenvalue weighted by Gasteiger charge is -2.04. The second-order valence-corrected chi connectivity index (χ2v) is 4.77. The number of halogens is 2. The smallest absolute Gasteiger partial charge is 0.201 e. The van der Waals surface area contributed by atoms with Crippen LogP contribution in [0.3, 0.4) is 0 Å². The van der Waals surface area contributed by atoms with E-state index >= 15 is 0 Å². The topological polar surface area (TPSA) is 82.5 Å². The number of hydrogen-bond acceptors (Lipinski definition) is 5. The predicted octanol–water partition coefficient (Wildman–Crippen LogP) is 1.22. The Labute approximate surface area is 108 Å². The van der Waals surface area contributed by atoms with Crippen LogP contribution < -0.4 is 5.73 Å².